The fourth-order valence-electron chi connectivity index (χ4n) is 1.61. The van der Waals surface area contributed by atoms with Gasteiger partial charge in [-0.3, -0.25) is 4.79 Å². The monoisotopic (exact) mass is 356 g/mol. The number of hydrogen-bond donors (Lipinski definition) is 1. The van der Waals surface area contributed by atoms with Gasteiger partial charge in [0, 0.05) is 12.7 Å². The molecule has 104 valence electrons. The Morgan fingerprint density at radius 2 is 2.05 bits per heavy atom. The summed E-state index contributed by atoms with van der Waals surface area (Å²) in [5, 5.41) is 3.12. The molecule has 1 heterocycles. The van der Waals surface area contributed by atoms with E-state index >= 15 is 0 Å². The molecule has 0 aliphatic carbocycles. The molecule has 0 bridgehead atoms. The third-order valence-electron chi connectivity index (χ3n) is 2.63. The third-order valence-corrected chi connectivity index (χ3v) is 3.49. The molecule has 2 aromatic rings. The first-order valence-electron chi connectivity index (χ1n) is 5.85. The van der Waals surface area contributed by atoms with Gasteiger partial charge in [-0.05, 0) is 45.3 Å². The zero-order valence-electron chi connectivity index (χ0n) is 10.4. The molecular weight excluding hydrogens is 347 g/mol. The maximum atomic E-state index is 13.3. The van der Waals surface area contributed by atoms with Crippen LogP contribution in [0.2, 0.25) is 5.15 Å². The Bertz CT molecular complexity index is 619. The van der Waals surface area contributed by atoms with E-state index in [1.807, 2.05) is 0 Å². The summed E-state index contributed by atoms with van der Waals surface area (Å²) in [7, 11) is 0. The van der Waals surface area contributed by atoms with E-state index in [4.69, 9.17) is 11.6 Å². The summed E-state index contributed by atoms with van der Waals surface area (Å²) in [6.45, 7) is 0.282. The van der Waals surface area contributed by atoms with Gasteiger partial charge in [-0.1, -0.05) is 23.7 Å². The predicted molar refractivity (Wildman–Crippen MR) is 78.9 cm³/mol. The minimum Gasteiger partial charge on any atom is -0.352 e. The summed E-state index contributed by atoms with van der Waals surface area (Å²) in [5.41, 5.74) is 1.47. The average molecular weight is 358 g/mol. The normalized spacial score (nSPS) is 10.3. The molecule has 0 unspecified atom stereocenters. The molecule has 0 radical (unpaired) electrons. The summed E-state index contributed by atoms with van der Waals surface area (Å²) in [5.74, 6) is -0.504. The fourth-order valence-corrected chi connectivity index (χ4v) is 1.97. The smallest absolute Gasteiger partial charge is 0.224 e. The highest BCUT2D eigenvalue weighted by molar-refractivity contribution is 9.10. The molecule has 0 spiro atoms. The van der Waals surface area contributed by atoms with Crippen molar-refractivity contribution in [3.05, 3.63) is 63.1 Å². The second kappa shape index (κ2) is 6.81. The molecule has 3 nitrogen and oxygen atoms in total. The lowest BCUT2D eigenvalue weighted by molar-refractivity contribution is -0.120. The quantitative estimate of drug-likeness (QED) is 0.851. The van der Waals surface area contributed by atoms with E-state index in [0.717, 1.165) is 5.56 Å². The van der Waals surface area contributed by atoms with Gasteiger partial charge < -0.3 is 5.32 Å². The highest BCUT2D eigenvalue weighted by Crippen LogP contribution is 2.16. The molecule has 0 aliphatic rings. The van der Waals surface area contributed by atoms with Gasteiger partial charge in [-0.25, -0.2) is 9.37 Å². The second-order valence-electron chi connectivity index (χ2n) is 4.19. The first kappa shape index (κ1) is 14.9. The van der Waals surface area contributed by atoms with Crippen LogP contribution >= 0.6 is 27.5 Å². The number of carbonyl (C=O) groups excluding carboxylic acids is 1. The van der Waals surface area contributed by atoms with Gasteiger partial charge in [0.25, 0.3) is 0 Å². The van der Waals surface area contributed by atoms with Crippen molar-refractivity contribution < 1.29 is 9.18 Å². The van der Waals surface area contributed by atoms with Gasteiger partial charge in [-0.15, -0.1) is 0 Å². The molecule has 0 saturated carbocycles. The average Bonchev–Trinajstić information content (AvgIpc) is 2.43. The van der Waals surface area contributed by atoms with Crippen molar-refractivity contribution in [3.63, 3.8) is 0 Å². The molecule has 1 amide bonds. The molecule has 6 heteroatoms. The van der Waals surface area contributed by atoms with E-state index in [1.54, 1.807) is 30.5 Å². The van der Waals surface area contributed by atoms with E-state index in [2.05, 4.69) is 26.2 Å². The van der Waals surface area contributed by atoms with Crippen molar-refractivity contribution in [1.29, 1.82) is 0 Å². The number of carbonyl (C=O) groups is 1. The molecule has 0 aliphatic heterocycles. The number of benzene rings is 1. The molecule has 20 heavy (non-hydrogen) atoms. The number of pyridine rings is 1. The van der Waals surface area contributed by atoms with Crippen LogP contribution < -0.4 is 5.32 Å². The van der Waals surface area contributed by atoms with Crippen molar-refractivity contribution in [2.45, 2.75) is 13.0 Å². The van der Waals surface area contributed by atoms with Crippen molar-refractivity contribution in [3.8, 4) is 0 Å². The van der Waals surface area contributed by atoms with Gasteiger partial charge in [0.1, 0.15) is 11.0 Å². The highest BCUT2D eigenvalue weighted by Gasteiger charge is 2.05. The lowest BCUT2D eigenvalue weighted by Crippen LogP contribution is -2.24. The van der Waals surface area contributed by atoms with E-state index in [1.165, 1.54) is 6.07 Å². The topological polar surface area (TPSA) is 42.0 Å². The molecule has 2 rings (SSSR count). The van der Waals surface area contributed by atoms with Crippen LogP contribution in [0.15, 0.2) is 41.0 Å². The minimum absolute atomic E-state index is 0.155. The Kier molecular flexibility index (Phi) is 5.09. The van der Waals surface area contributed by atoms with Crippen LogP contribution in [0.3, 0.4) is 0 Å². The second-order valence-corrected chi connectivity index (χ2v) is 5.43. The SMILES string of the molecule is O=C(Cc1ccc(Cl)nc1)NCc1ccc(Br)c(F)c1. The Morgan fingerprint density at radius 1 is 1.30 bits per heavy atom. The first-order chi connectivity index (χ1) is 9.54. The Labute approximate surface area is 129 Å². The largest absolute Gasteiger partial charge is 0.352 e. The van der Waals surface area contributed by atoms with Crippen molar-refractivity contribution >= 4 is 33.4 Å². The fraction of sp³-hybridized carbons (Fsp3) is 0.143. The first-order valence-corrected chi connectivity index (χ1v) is 7.03. The number of rotatable bonds is 4. The van der Waals surface area contributed by atoms with Crippen LogP contribution in [0.25, 0.3) is 0 Å². The van der Waals surface area contributed by atoms with E-state index < -0.39 is 0 Å². The van der Waals surface area contributed by atoms with Gasteiger partial charge in [-0.2, -0.15) is 0 Å². The highest BCUT2D eigenvalue weighted by atomic mass is 79.9. The number of nitrogens with zero attached hydrogens (tertiary/aromatic N) is 1. The Morgan fingerprint density at radius 3 is 2.70 bits per heavy atom. The molecule has 1 aromatic heterocycles. The number of amides is 1. The van der Waals surface area contributed by atoms with Gasteiger partial charge in [0.05, 0.1) is 10.9 Å². The molecular formula is C14H11BrClFN2O. The Balaban J connectivity index is 1.88. The standard InChI is InChI=1S/C14H11BrClFN2O/c15-11-3-1-9(5-12(11)17)8-19-14(20)6-10-2-4-13(16)18-7-10/h1-5,7H,6,8H2,(H,19,20). The number of hydrogen-bond acceptors (Lipinski definition) is 2. The van der Waals surface area contributed by atoms with Crippen LogP contribution in [0.4, 0.5) is 4.39 Å². The molecule has 0 fully saturated rings. The lowest BCUT2D eigenvalue weighted by atomic mass is 10.2. The molecule has 1 N–H and O–H groups in total. The van der Waals surface area contributed by atoms with Gasteiger partial charge in [0.15, 0.2) is 0 Å². The maximum Gasteiger partial charge on any atom is 0.224 e. The van der Waals surface area contributed by atoms with Gasteiger partial charge >= 0.3 is 0 Å². The van der Waals surface area contributed by atoms with E-state index in [9.17, 15) is 9.18 Å². The van der Waals surface area contributed by atoms with Crippen LogP contribution in [0, 0.1) is 5.82 Å². The maximum absolute atomic E-state index is 13.3. The van der Waals surface area contributed by atoms with Gasteiger partial charge in [0.2, 0.25) is 5.91 Å². The Hall–Kier alpha value is -1.46. The van der Waals surface area contributed by atoms with Crippen LogP contribution in [0.5, 0.6) is 0 Å². The zero-order valence-corrected chi connectivity index (χ0v) is 12.7. The zero-order chi connectivity index (χ0) is 14.5. The minimum atomic E-state index is -0.348. The third kappa shape index (κ3) is 4.28. The van der Waals surface area contributed by atoms with E-state index in [0.29, 0.717) is 15.2 Å². The summed E-state index contributed by atoms with van der Waals surface area (Å²) in [4.78, 5) is 15.7. The van der Waals surface area contributed by atoms with Crippen LogP contribution in [-0.4, -0.2) is 10.9 Å². The van der Waals surface area contributed by atoms with Crippen LogP contribution in [0.1, 0.15) is 11.1 Å². The van der Waals surface area contributed by atoms with Crippen molar-refractivity contribution in [2.24, 2.45) is 0 Å². The number of nitrogens with one attached hydrogen (secondary N) is 1. The van der Waals surface area contributed by atoms with Crippen molar-refractivity contribution in [1.82, 2.24) is 10.3 Å². The summed E-state index contributed by atoms with van der Waals surface area (Å²) in [6, 6.07) is 8.12. The number of aromatic nitrogens is 1. The van der Waals surface area contributed by atoms with Crippen molar-refractivity contribution in [2.75, 3.05) is 0 Å². The molecule has 0 atom stereocenters. The van der Waals surface area contributed by atoms with E-state index in [-0.39, 0.29) is 24.7 Å². The molecule has 1 aromatic carbocycles. The summed E-state index contributed by atoms with van der Waals surface area (Å²) < 4.78 is 13.7. The number of halogens is 3. The summed E-state index contributed by atoms with van der Waals surface area (Å²) in [6.07, 6.45) is 1.77. The predicted octanol–water partition coefficient (Wildman–Crippen LogP) is 3.50. The molecule has 0 saturated heterocycles. The lowest BCUT2D eigenvalue weighted by Gasteiger charge is -2.06. The van der Waals surface area contributed by atoms with Crippen LogP contribution in [-0.2, 0) is 17.8 Å². The summed E-state index contributed by atoms with van der Waals surface area (Å²) >= 11 is 8.75.